The Labute approximate surface area is 213 Å². The van der Waals surface area contributed by atoms with E-state index in [0.29, 0.717) is 31.4 Å². The van der Waals surface area contributed by atoms with Gasteiger partial charge in [0.25, 0.3) is 15.9 Å². The molecule has 0 fully saturated rings. The van der Waals surface area contributed by atoms with Crippen LogP contribution in [0.1, 0.15) is 48.3 Å². The molecule has 3 rings (SSSR count). The summed E-state index contributed by atoms with van der Waals surface area (Å²) in [6.07, 6.45) is 0. The van der Waals surface area contributed by atoms with Crippen molar-refractivity contribution in [3.05, 3.63) is 57.5 Å². The summed E-state index contributed by atoms with van der Waals surface area (Å²) < 4.78 is 39.0. The maximum absolute atomic E-state index is 12.6. The van der Waals surface area contributed by atoms with Crippen LogP contribution >= 0.6 is 15.9 Å². The maximum Gasteiger partial charge on any atom is 0.285 e. The minimum absolute atomic E-state index is 0.0899. The van der Waals surface area contributed by atoms with E-state index in [1.807, 2.05) is 34.7 Å². The number of amides is 1. The standard InChI is InChI=1S/C23H28BrN5O5S/c1-6-29(12-17-11-18(24)7-9-20(17)33-13-14(2)3)21-10-8-19(25-26-21)23(30)28-35(31,32)22-15(4)27-34-16(22)5/h7-11,14H,6,12-13H2,1-5H3,(H,28,30). The molecule has 0 spiro atoms. The van der Waals surface area contributed by atoms with E-state index in [1.54, 1.807) is 6.07 Å². The van der Waals surface area contributed by atoms with Gasteiger partial charge in [0.1, 0.15) is 11.4 Å². The van der Waals surface area contributed by atoms with E-state index in [2.05, 4.69) is 45.1 Å². The van der Waals surface area contributed by atoms with Gasteiger partial charge in [-0.1, -0.05) is 34.9 Å². The molecule has 0 saturated heterocycles. The number of carbonyl (C=O) groups is 1. The fraction of sp³-hybridized carbons (Fsp3) is 0.391. The zero-order valence-corrected chi connectivity index (χ0v) is 22.6. The van der Waals surface area contributed by atoms with Crippen LogP contribution in [0.3, 0.4) is 0 Å². The summed E-state index contributed by atoms with van der Waals surface area (Å²) in [7, 11) is -4.17. The molecule has 0 aliphatic heterocycles. The highest BCUT2D eigenvalue weighted by atomic mass is 79.9. The van der Waals surface area contributed by atoms with Gasteiger partial charge in [0.05, 0.1) is 6.61 Å². The van der Waals surface area contributed by atoms with Crippen molar-refractivity contribution in [3.63, 3.8) is 0 Å². The quantitative estimate of drug-likeness (QED) is 0.387. The predicted molar refractivity (Wildman–Crippen MR) is 134 cm³/mol. The number of sulfonamides is 1. The van der Waals surface area contributed by atoms with Crippen molar-refractivity contribution in [2.75, 3.05) is 18.1 Å². The van der Waals surface area contributed by atoms with Gasteiger partial charge in [0.15, 0.2) is 22.2 Å². The van der Waals surface area contributed by atoms with Gasteiger partial charge >= 0.3 is 0 Å². The van der Waals surface area contributed by atoms with Crippen LogP contribution in [-0.2, 0) is 16.6 Å². The number of halogens is 1. The first kappa shape index (κ1) is 26.6. The van der Waals surface area contributed by atoms with E-state index >= 15 is 0 Å². The van der Waals surface area contributed by atoms with Crippen molar-refractivity contribution in [1.82, 2.24) is 20.1 Å². The number of benzene rings is 1. The van der Waals surface area contributed by atoms with Crippen LogP contribution in [-0.4, -0.2) is 42.8 Å². The molecule has 0 atom stereocenters. The minimum Gasteiger partial charge on any atom is -0.493 e. The van der Waals surface area contributed by atoms with Gasteiger partial charge in [-0.05, 0) is 57.0 Å². The number of hydrogen-bond donors (Lipinski definition) is 1. The molecule has 188 valence electrons. The van der Waals surface area contributed by atoms with E-state index < -0.39 is 15.9 Å². The fourth-order valence-electron chi connectivity index (χ4n) is 3.33. The molecular formula is C23H28BrN5O5S. The number of nitrogens with one attached hydrogen (secondary N) is 1. The Bertz CT molecular complexity index is 1270. The second-order valence-electron chi connectivity index (χ2n) is 8.34. The third kappa shape index (κ3) is 6.57. The van der Waals surface area contributed by atoms with Gasteiger partial charge in [0, 0.05) is 23.1 Å². The van der Waals surface area contributed by atoms with Crippen LogP contribution in [0.5, 0.6) is 5.75 Å². The Morgan fingerprint density at radius 2 is 1.94 bits per heavy atom. The van der Waals surface area contributed by atoms with Gasteiger partial charge in [0.2, 0.25) is 0 Å². The zero-order chi connectivity index (χ0) is 25.8. The Morgan fingerprint density at radius 3 is 2.51 bits per heavy atom. The Hall–Kier alpha value is -2.99. The highest BCUT2D eigenvalue weighted by Crippen LogP contribution is 2.27. The number of anilines is 1. The Balaban J connectivity index is 1.76. The maximum atomic E-state index is 12.6. The molecule has 2 heterocycles. The highest BCUT2D eigenvalue weighted by Gasteiger charge is 2.27. The van der Waals surface area contributed by atoms with Gasteiger partial charge in [-0.15, -0.1) is 10.2 Å². The number of nitrogens with zero attached hydrogens (tertiary/aromatic N) is 4. The third-order valence-corrected chi connectivity index (χ3v) is 7.08. The highest BCUT2D eigenvalue weighted by molar-refractivity contribution is 9.10. The fourth-order valence-corrected chi connectivity index (χ4v) is 5.03. The zero-order valence-electron chi connectivity index (χ0n) is 20.2. The SMILES string of the molecule is CCN(Cc1cc(Br)ccc1OCC(C)C)c1ccc(C(=O)NS(=O)(=O)c2c(C)noc2C)nn1. The van der Waals surface area contributed by atoms with Crippen molar-refractivity contribution in [3.8, 4) is 5.75 Å². The van der Waals surface area contributed by atoms with E-state index in [1.165, 1.54) is 19.9 Å². The van der Waals surface area contributed by atoms with E-state index in [4.69, 9.17) is 9.26 Å². The summed E-state index contributed by atoms with van der Waals surface area (Å²) in [6.45, 7) is 10.8. The molecule has 35 heavy (non-hydrogen) atoms. The number of hydrogen-bond acceptors (Lipinski definition) is 9. The Morgan fingerprint density at radius 1 is 1.20 bits per heavy atom. The number of carbonyl (C=O) groups excluding carboxylic acids is 1. The molecule has 0 radical (unpaired) electrons. The van der Waals surface area contributed by atoms with Crippen molar-refractivity contribution in [2.24, 2.45) is 5.92 Å². The predicted octanol–water partition coefficient (Wildman–Crippen LogP) is 4.02. The van der Waals surface area contributed by atoms with Gasteiger partial charge in [-0.2, -0.15) is 0 Å². The lowest BCUT2D eigenvalue weighted by Gasteiger charge is -2.23. The van der Waals surface area contributed by atoms with Gasteiger partial charge in [-0.25, -0.2) is 13.1 Å². The number of rotatable bonds is 10. The molecule has 0 aliphatic carbocycles. The Kier molecular flexibility index (Phi) is 8.49. The van der Waals surface area contributed by atoms with Gasteiger partial charge < -0.3 is 14.2 Å². The molecule has 0 bridgehead atoms. The molecule has 1 N–H and O–H groups in total. The van der Waals surface area contributed by atoms with Crippen LogP contribution < -0.4 is 14.4 Å². The topological polar surface area (TPSA) is 128 Å². The second-order valence-corrected chi connectivity index (χ2v) is 10.9. The molecular weight excluding hydrogens is 538 g/mol. The molecule has 3 aromatic rings. The summed E-state index contributed by atoms with van der Waals surface area (Å²) in [5.41, 5.74) is 0.992. The first-order valence-corrected chi connectivity index (χ1v) is 13.3. The monoisotopic (exact) mass is 565 g/mol. The van der Waals surface area contributed by atoms with E-state index in [-0.39, 0.29) is 22.0 Å². The van der Waals surface area contributed by atoms with Crippen molar-refractivity contribution >= 4 is 37.7 Å². The van der Waals surface area contributed by atoms with Crippen molar-refractivity contribution < 1.29 is 22.5 Å². The second kappa shape index (κ2) is 11.2. The van der Waals surface area contributed by atoms with Crippen molar-refractivity contribution in [1.29, 1.82) is 0 Å². The lowest BCUT2D eigenvalue weighted by atomic mass is 10.1. The normalized spacial score (nSPS) is 11.5. The average molecular weight is 566 g/mol. The van der Waals surface area contributed by atoms with Crippen LogP contribution in [0.15, 0.2) is 44.2 Å². The molecule has 0 saturated carbocycles. The number of aryl methyl sites for hydroxylation is 2. The van der Waals surface area contributed by atoms with Gasteiger partial charge in [-0.3, -0.25) is 4.79 Å². The van der Waals surface area contributed by atoms with E-state index in [0.717, 1.165) is 15.8 Å². The lowest BCUT2D eigenvalue weighted by Crippen LogP contribution is -2.32. The largest absolute Gasteiger partial charge is 0.493 e. The molecule has 1 amide bonds. The van der Waals surface area contributed by atoms with E-state index in [9.17, 15) is 13.2 Å². The van der Waals surface area contributed by atoms with Crippen LogP contribution in [0, 0.1) is 19.8 Å². The molecule has 0 aliphatic rings. The lowest BCUT2D eigenvalue weighted by molar-refractivity contribution is 0.0975. The average Bonchev–Trinajstić information content (AvgIpc) is 3.15. The first-order valence-electron chi connectivity index (χ1n) is 11.0. The molecule has 12 heteroatoms. The number of aromatic nitrogens is 3. The van der Waals surface area contributed by atoms with Crippen LogP contribution in [0.25, 0.3) is 0 Å². The summed E-state index contributed by atoms with van der Waals surface area (Å²) >= 11 is 3.51. The smallest absolute Gasteiger partial charge is 0.285 e. The molecule has 0 unspecified atom stereocenters. The molecule has 2 aromatic heterocycles. The summed E-state index contributed by atoms with van der Waals surface area (Å²) in [4.78, 5) is 14.4. The first-order chi connectivity index (χ1) is 16.5. The molecule has 10 nitrogen and oxygen atoms in total. The summed E-state index contributed by atoms with van der Waals surface area (Å²) in [6, 6.07) is 8.90. The van der Waals surface area contributed by atoms with Crippen molar-refractivity contribution in [2.45, 2.75) is 46.1 Å². The molecule has 1 aromatic carbocycles. The third-order valence-electron chi connectivity index (χ3n) is 5.01. The summed E-state index contributed by atoms with van der Waals surface area (Å²) in [5.74, 6) is 0.900. The minimum atomic E-state index is -4.17. The number of ether oxygens (including phenoxy) is 1. The summed E-state index contributed by atoms with van der Waals surface area (Å²) in [5, 5.41) is 11.7. The van der Waals surface area contributed by atoms with Crippen LogP contribution in [0.2, 0.25) is 0 Å². The van der Waals surface area contributed by atoms with Crippen LogP contribution in [0.4, 0.5) is 5.82 Å².